The molecule has 0 spiro atoms. The van der Waals surface area contributed by atoms with Crippen molar-refractivity contribution in [1.82, 2.24) is 20.0 Å². The number of pyridine rings is 1. The quantitative estimate of drug-likeness (QED) is 0.742. The third-order valence-corrected chi connectivity index (χ3v) is 4.88. The van der Waals surface area contributed by atoms with Gasteiger partial charge in [-0.2, -0.15) is 4.98 Å². The van der Waals surface area contributed by atoms with Crippen LogP contribution in [-0.2, 0) is 12.1 Å². The molecule has 0 radical (unpaired) electrons. The number of hydrogen-bond acceptors (Lipinski definition) is 6. The fraction of sp³-hybridized carbons (Fsp3) is 0.368. The van der Waals surface area contributed by atoms with Crippen LogP contribution in [0.25, 0.3) is 0 Å². The van der Waals surface area contributed by atoms with E-state index in [1.54, 1.807) is 37.4 Å². The molecule has 0 aliphatic heterocycles. The van der Waals surface area contributed by atoms with Gasteiger partial charge in [0, 0.05) is 19.2 Å². The second-order valence-corrected chi connectivity index (χ2v) is 6.81. The molecule has 1 aliphatic rings. The summed E-state index contributed by atoms with van der Waals surface area (Å²) < 4.78 is 12.3. The molecule has 3 heterocycles. The fourth-order valence-electron chi connectivity index (χ4n) is 3.50. The molecule has 0 unspecified atom stereocenters. The molecule has 0 atom stereocenters. The monoisotopic (exact) mass is 368 g/mol. The Morgan fingerprint density at radius 1 is 1.26 bits per heavy atom. The van der Waals surface area contributed by atoms with Crippen LogP contribution in [0.2, 0.25) is 0 Å². The normalized spacial score (nSPS) is 15.7. The van der Waals surface area contributed by atoms with Gasteiger partial charge >= 0.3 is 0 Å². The summed E-state index contributed by atoms with van der Waals surface area (Å²) in [4.78, 5) is 28.9. The molecule has 3 aromatic rings. The van der Waals surface area contributed by atoms with Crippen molar-refractivity contribution < 1.29 is 13.7 Å². The Kier molecular flexibility index (Phi) is 4.39. The molecule has 0 saturated heterocycles. The second-order valence-electron chi connectivity index (χ2n) is 6.81. The lowest BCUT2D eigenvalue weighted by Gasteiger charge is -2.26. The minimum atomic E-state index is -0.627. The van der Waals surface area contributed by atoms with E-state index in [-0.39, 0.29) is 23.8 Å². The average Bonchev–Trinajstić information content (AvgIpc) is 3.38. The molecule has 140 valence electrons. The molecule has 3 aromatic heterocycles. The number of aryl methyl sites for hydroxylation is 1. The van der Waals surface area contributed by atoms with Gasteiger partial charge in [0.25, 0.3) is 11.5 Å². The molecular weight excluding hydrogens is 348 g/mol. The number of nitrogens with one attached hydrogen (secondary N) is 1. The van der Waals surface area contributed by atoms with Crippen molar-refractivity contribution in [2.24, 2.45) is 0 Å². The van der Waals surface area contributed by atoms with Crippen molar-refractivity contribution in [3.63, 3.8) is 0 Å². The molecule has 8 heteroatoms. The first-order valence-corrected chi connectivity index (χ1v) is 8.93. The molecular formula is C19H20N4O4. The molecule has 1 fully saturated rings. The number of amides is 1. The summed E-state index contributed by atoms with van der Waals surface area (Å²) in [6, 6.07) is 8.25. The van der Waals surface area contributed by atoms with Gasteiger partial charge in [0.05, 0.1) is 6.54 Å². The van der Waals surface area contributed by atoms with Crippen molar-refractivity contribution in [3.8, 4) is 0 Å². The first-order chi connectivity index (χ1) is 13.1. The number of carbonyl (C=O) groups is 1. The Bertz CT molecular complexity index is 1010. The molecule has 0 aromatic carbocycles. The van der Waals surface area contributed by atoms with Gasteiger partial charge in [-0.25, -0.2) is 0 Å². The predicted molar refractivity (Wildman–Crippen MR) is 95.2 cm³/mol. The highest BCUT2D eigenvalue weighted by Crippen LogP contribution is 2.37. The van der Waals surface area contributed by atoms with E-state index in [4.69, 9.17) is 8.94 Å². The van der Waals surface area contributed by atoms with E-state index in [9.17, 15) is 9.59 Å². The molecule has 27 heavy (non-hydrogen) atoms. The Hall–Kier alpha value is -3.16. The summed E-state index contributed by atoms with van der Waals surface area (Å²) in [5.74, 6) is 1.38. The summed E-state index contributed by atoms with van der Waals surface area (Å²) in [7, 11) is 0. The van der Waals surface area contributed by atoms with E-state index >= 15 is 0 Å². The van der Waals surface area contributed by atoms with Crippen LogP contribution in [0.5, 0.6) is 0 Å². The van der Waals surface area contributed by atoms with Crippen LogP contribution in [0, 0.1) is 6.92 Å². The van der Waals surface area contributed by atoms with Crippen LogP contribution in [-0.4, -0.2) is 20.6 Å². The molecule has 1 aliphatic carbocycles. The number of carbonyl (C=O) groups excluding carboxylic acids is 1. The Balaban J connectivity index is 1.52. The lowest BCUT2D eigenvalue weighted by molar-refractivity contribution is 0.0861. The highest BCUT2D eigenvalue weighted by Gasteiger charge is 2.41. The third-order valence-electron chi connectivity index (χ3n) is 4.88. The topological polar surface area (TPSA) is 103 Å². The number of hydrogen-bond donors (Lipinski definition) is 1. The SMILES string of the molecule is Cc1nc(C2(NC(=O)c3ccc(Cn4ccccc4=O)o3)CCCC2)no1. The van der Waals surface area contributed by atoms with Crippen molar-refractivity contribution in [1.29, 1.82) is 0 Å². The molecule has 8 nitrogen and oxygen atoms in total. The summed E-state index contributed by atoms with van der Waals surface area (Å²) in [5, 5.41) is 7.06. The van der Waals surface area contributed by atoms with Gasteiger partial charge in [0.15, 0.2) is 11.6 Å². The zero-order chi connectivity index (χ0) is 18.9. The van der Waals surface area contributed by atoms with E-state index in [1.165, 1.54) is 10.6 Å². The maximum atomic E-state index is 12.8. The number of aromatic nitrogens is 3. The van der Waals surface area contributed by atoms with Gasteiger partial charge in [-0.1, -0.05) is 24.1 Å². The second kappa shape index (κ2) is 6.86. The molecule has 0 bridgehead atoms. The summed E-state index contributed by atoms with van der Waals surface area (Å²) in [5.41, 5.74) is -0.754. The maximum Gasteiger partial charge on any atom is 0.287 e. The number of furan rings is 1. The Morgan fingerprint density at radius 3 is 2.78 bits per heavy atom. The van der Waals surface area contributed by atoms with E-state index in [0.717, 1.165) is 25.7 Å². The smallest absolute Gasteiger partial charge is 0.287 e. The van der Waals surface area contributed by atoms with E-state index < -0.39 is 5.54 Å². The van der Waals surface area contributed by atoms with Gasteiger partial charge < -0.3 is 18.8 Å². The van der Waals surface area contributed by atoms with E-state index in [2.05, 4.69) is 15.5 Å². The largest absolute Gasteiger partial charge is 0.454 e. The van der Waals surface area contributed by atoms with Crippen LogP contribution in [0.1, 0.15) is 53.7 Å². The van der Waals surface area contributed by atoms with Crippen molar-refractivity contribution in [3.05, 3.63) is 70.1 Å². The zero-order valence-electron chi connectivity index (χ0n) is 15.0. The fourth-order valence-corrected chi connectivity index (χ4v) is 3.50. The molecule has 1 N–H and O–H groups in total. The van der Waals surface area contributed by atoms with Crippen molar-refractivity contribution in [2.75, 3.05) is 0 Å². The van der Waals surface area contributed by atoms with Crippen LogP contribution < -0.4 is 10.9 Å². The first-order valence-electron chi connectivity index (χ1n) is 8.93. The van der Waals surface area contributed by atoms with Gasteiger partial charge in [0.2, 0.25) is 5.89 Å². The Morgan fingerprint density at radius 2 is 2.07 bits per heavy atom. The summed E-state index contributed by atoms with van der Waals surface area (Å²) >= 11 is 0. The minimum absolute atomic E-state index is 0.128. The van der Waals surface area contributed by atoms with Crippen molar-refractivity contribution >= 4 is 5.91 Å². The average molecular weight is 368 g/mol. The Labute approximate surface area is 155 Å². The first kappa shape index (κ1) is 17.3. The van der Waals surface area contributed by atoms with Gasteiger partial charge in [-0.15, -0.1) is 0 Å². The molecule has 1 amide bonds. The third kappa shape index (κ3) is 3.42. The lowest BCUT2D eigenvalue weighted by atomic mass is 9.96. The van der Waals surface area contributed by atoms with Gasteiger partial charge in [-0.05, 0) is 31.0 Å². The zero-order valence-corrected chi connectivity index (χ0v) is 15.0. The number of rotatable bonds is 5. The maximum absolute atomic E-state index is 12.8. The highest BCUT2D eigenvalue weighted by molar-refractivity contribution is 5.92. The van der Waals surface area contributed by atoms with Crippen LogP contribution in [0.4, 0.5) is 0 Å². The lowest BCUT2D eigenvalue weighted by Crippen LogP contribution is -2.44. The number of nitrogens with zero attached hydrogens (tertiary/aromatic N) is 3. The predicted octanol–water partition coefficient (Wildman–Crippen LogP) is 2.38. The molecule has 1 saturated carbocycles. The van der Waals surface area contributed by atoms with Crippen LogP contribution >= 0.6 is 0 Å². The van der Waals surface area contributed by atoms with Crippen molar-refractivity contribution in [2.45, 2.75) is 44.7 Å². The highest BCUT2D eigenvalue weighted by atomic mass is 16.5. The summed E-state index contributed by atoms with van der Waals surface area (Å²) in [6.07, 6.45) is 5.15. The minimum Gasteiger partial charge on any atom is -0.454 e. The van der Waals surface area contributed by atoms with E-state index in [1.807, 2.05) is 0 Å². The van der Waals surface area contributed by atoms with Crippen LogP contribution in [0.15, 0.2) is 50.3 Å². The van der Waals surface area contributed by atoms with Crippen LogP contribution in [0.3, 0.4) is 0 Å². The van der Waals surface area contributed by atoms with Gasteiger partial charge in [-0.3, -0.25) is 9.59 Å². The summed E-state index contributed by atoms with van der Waals surface area (Å²) in [6.45, 7) is 1.99. The van der Waals surface area contributed by atoms with Gasteiger partial charge in [0.1, 0.15) is 11.3 Å². The molecule has 4 rings (SSSR count). The standard InChI is InChI=1S/C19H20N4O4/c1-13-20-18(22-27-13)19(9-3-4-10-19)21-17(25)15-8-7-14(26-15)12-23-11-5-2-6-16(23)24/h2,5-8,11H,3-4,9-10,12H2,1H3,(H,21,25). The van der Waals surface area contributed by atoms with E-state index in [0.29, 0.717) is 17.5 Å².